The molecule has 2 fully saturated rings. The molecular formula is C23H33N5O2. The van der Waals surface area contributed by atoms with E-state index in [4.69, 9.17) is 4.52 Å². The highest BCUT2D eigenvalue weighted by molar-refractivity contribution is 5.79. The lowest BCUT2D eigenvalue weighted by molar-refractivity contribution is -0.127. The van der Waals surface area contributed by atoms with Crippen molar-refractivity contribution in [2.75, 3.05) is 26.2 Å². The Bertz CT molecular complexity index is 810. The number of piperidine rings is 2. The molecule has 1 N–H and O–H groups in total. The second-order valence-electron chi connectivity index (χ2n) is 8.72. The van der Waals surface area contributed by atoms with Crippen LogP contribution in [0.2, 0.25) is 0 Å². The van der Waals surface area contributed by atoms with Gasteiger partial charge in [0.05, 0.1) is 11.6 Å². The molecule has 2 saturated heterocycles. The monoisotopic (exact) mass is 411 g/mol. The van der Waals surface area contributed by atoms with Gasteiger partial charge in [0, 0.05) is 43.6 Å². The average molecular weight is 412 g/mol. The molecule has 1 amide bonds. The molecule has 2 aliphatic heterocycles. The number of aryl methyl sites for hydroxylation is 2. The van der Waals surface area contributed by atoms with E-state index in [0.717, 1.165) is 62.6 Å². The van der Waals surface area contributed by atoms with E-state index in [9.17, 15) is 4.79 Å². The van der Waals surface area contributed by atoms with Crippen molar-refractivity contribution in [3.8, 4) is 0 Å². The summed E-state index contributed by atoms with van der Waals surface area (Å²) in [6, 6.07) is 4.75. The molecule has 7 heteroatoms. The fraction of sp³-hybridized carbons (Fsp3) is 0.609. The third kappa shape index (κ3) is 5.08. The smallest absolute Gasteiger partial charge is 0.224 e. The predicted molar refractivity (Wildman–Crippen MR) is 115 cm³/mol. The Balaban J connectivity index is 1.24. The molecule has 1 atom stereocenters. The number of amides is 1. The van der Waals surface area contributed by atoms with Gasteiger partial charge in [-0.2, -0.15) is 0 Å². The number of hydrogen-bond donors (Lipinski definition) is 1. The first-order valence-corrected chi connectivity index (χ1v) is 11.1. The van der Waals surface area contributed by atoms with Gasteiger partial charge in [-0.25, -0.2) is 0 Å². The number of nitrogens with zero attached hydrogens (tertiary/aromatic N) is 4. The molecule has 0 aliphatic carbocycles. The highest BCUT2D eigenvalue weighted by atomic mass is 16.5. The first-order chi connectivity index (χ1) is 14.6. The van der Waals surface area contributed by atoms with E-state index < -0.39 is 0 Å². The highest BCUT2D eigenvalue weighted by Gasteiger charge is 2.31. The first-order valence-electron chi connectivity index (χ1n) is 11.1. The molecule has 1 unspecified atom stereocenters. The molecule has 2 aromatic heterocycles. The summed E-state index contributed by atoms with van der Waals surface area (Å²) in [5.41, 5.74) is 3.14. The van der Waals surface area contributed by atoms with Gasteiger partial charge in [-0.1, -0.05) is 11.2 Å². The second kappa shape index (κ2) is 9.71. The van der Waals surface area contributed by atoms with Gasteiger partial charge in [0.2, 0.25) is 5.91 Å². The molecule has 2 aliphatic rings. The Morgan fingerprint density at radius 1 is 1.23 bits per heavy atom. The van der Waals surface area contributed by atoms with Crippen molar-refractivity contribution in [2.45, 2.75) is 58.7 Å². The Morgan fingerprint density at radius 3 is 2.77 bits per heavy atom. The lowest BCUT2D eigenvalue weighted by Gasteiger charge is -2.42. The zero-order valence-electron chi connectivity index (χ0n) is 18.1. The number of nitrogens with one attached hydrogen (secondary N) is 1. The summed E-state index contributed by atoms with van der Waals surface area (Å²) in [7, 11) is 0. The zero-order chi connectivity index (χ0) is 20.9. The number of hydrogen-bond acceptors (Lipinski definition) is 6. The zero-order valence-corrected chi connectivity index (χ0v) is 18.1. The van der Waals surface area contributed by atoms with Crippen LogP contribution in [0.1, 0.15) is 48.3 Å². The van der Waals surface area contributed by atoms with Crippen LogP contribution in [0.5, 0.6) is 0 Å². The quantitative estimate of drug-likeness (QED) is 0.788. The van der Waals surface area contributed by atoms with E-state index in [1.807, 2.05) is 32.3 Å². The lowest BCUT2D eigenvalue weighted by Crippen LogP contribution is -2.50. The number of pyridine rings is 1. The molecule has 4 rings (SSSR count). The van der Waals surface area contributed by atoms with Crippen molar-refractivity contribution in [1.29, 1.82) is 0 Å². The van der Waals surface area contributed by atoms with E-state index >= 15 is 0 Å². The fourth-order valence-corrected chi connectivity index (χ4v) is 4.82. The fourth-order valence-electron chi connectivity index (χ4n) is 4.82. The summed E-state index contributed by atoms with van der Waals surface area (Å²) >= 11 is 0. The molecule has 0 saturated carbocycles. The minimum absolute atomic E-state index is 0.0765. The van der Waals surface area contributed by atoms with E-state index in [1.165, 1.54) is 18.4 Å². The molecule has 0 radical (unpaired) electrons. The van der Waals surface area contributed by atoms with Crippen molar-refractivity contribution < 1.29 is 9.32 Å². The van der Waals surface area contributed by atoms with Gasteiger partial charge >= 0.3 is 0 Å². The summed E-state index contributed by atoms with van der Waals surface area (Å²) in [4.78, 5) is 22.1. The molecule has 2 aromatic rings. The van der Waals surface area contributed by atoms with Crippen LogP contribution in [0.4, 0.5) is 0 Å². The summed E-state index contributed by atoms with van der Waals surface area (Å²) < 4.78 is 5.20. The van der Waals surface area contributed by atoms with Crippen molar-refractivity contribution in [3.63, 3.8) is 0 Å². The van der Waals surface area contributed by atoms with Crippen LogP contribution in [0.25, 0.3) is 0 Å². The summed E-state index contributed by atoms with van der Waals surface area (Å²) in [5, 5.41) is 7.08. The maximum absolute atomic E-state index is 12.8. The van der Waals surface area contributed by atoms with Crippen molar-refractivity contribution >= 4 is 5.91 Å². The van der Waals surface area contributed by atoms with E-state index in [0.29, 0.717) is 12.6 Å². The Kier molecular flexibility index (Phi) is 6.79. The second-order valence-corrected chi connectivity index (χ2v) is 8.72. The molecular weight excluding hydrogens is 378 g/mol. The maximum Gasteiger partial charge on any atom is 0.224 e. The van der Waals surface area contributed by atoms with Crippen LogP contribution >= 0.6 is 0 Å². The van der Waals surface area contributed by atoms with Gasteiger partial charge in [0.15, 0.2) is 0 Å². The number of carbonyl (C=O) groups excluding carboxylic acids is 1. The molecule has 7 nitrogen and oxygen atoms in total. The van der Waals surface area contributed by atoms with Crippen LogP contribution < -0.4 is 5.32 Å². The van der Waals surface area contributed by atoms with Crippen LogP contribution in [-0.2, 0) is 17.9 Å². The molecule has 0 aromatic carbocycles. The van der Waals surface area contributed by atoms with Gasteiger partial charge < -0.3 is 9.84 Å². The summed E-state index contributed by atoms with van der Waals surface area (Å²) in [6.45, 7) is 9.50. The van der Waals surface area contributed by atoms with Crippen molar-refractivity contribution in [1.82, 2.24) is 25.3 Å². The normalized spacial score (nSPS) is 21.6. The van der Waals surface area contributed by atoms with Gasteiger partial charge in [0.1, 0.15) is 5.76 Å². The van der Waals surface area contributed by atoms with Gasteiger partial charge in [-0.05, 0) is 70.8 Å². The van der Waals surface area contributed by atoms with Crippen LogP contribution in [-0.4, -0.2) is 58.1 Å². The summed E-state index contributed by atoms with van der Waals surface area (Å²) in [5.74, 6) is 1.03. The molecule has 0 bridgehead atoms. The van der Waals surface area contributed by atoms with Gasteiger partial charge in [-0.3, -0.25) is 19.6 Å². The third-order valence-electron chi connectivity index (χ3n) is 6.65. The first kappa shape index (κ1) is 21.0. The maximum atomic E-state index is 12.8. The third-order valence-corrected chi connectivity index (χ3v) is 6.65. The standard InChI is InChI=1S/C23H33N5O2/c1-17-22(18(2)30-26-17)14-25-23(29)20-6-4-10-28(16-20)21-7-11-27(12-8-21)15-19-5-3-9-24-13-19/h3,5,9,13,20-21H,4,6-8,10-12,14-16H2,1-2H3,(H,25,29). The Morgan fingerprint density at radius 2 is 2.07 bits per heavy atom. The van der Waals surface area contributed by atoms with Crippen molar-refractivity contribution in [3.05, 3.63) is 47.1 Å². The molecule has 30 heavy (non-hydrogen) atoms. The average Bonchev–Trinajstić information content (AvgIpc) is 3.10. The number of rotatable bonds is 6. The predicted octanol–water partition coefficient (Wildman–Crippen LogP) is 2.68. The minimum Gasteiger partial charge on any atom is -0.361 e. The van der Waals surface area contributed by atoms with E-state index in [-0.39, 0.29) is 11.8 Å². The number of aromatic nitrogens is 2. The van der Waals surface area contributed by atoms with Crippen LogP contribution in [0, 0.1) is 19.8 Å². The SMILES string of the molecule is Cc1noc(C)c1CNC(=O)C1CCCN(C2CCN(Cc3cccnc3)CC2)C1. The van der Waals surface area contributed by atoms with Gasteiger partial charge in [-0.15, -0.1) is 0 Å². The van der Waals surface area contributed by atoms with E-state index in [1.54, 1.807) is 0 Å². The highest BCUT2D eigenvalue weighted by Crippen LogP contribution is 2.25. The minimum atomic E-state index is 0.0765. The lowest BCUT2D eigenvalue weighted by atomic mass is 9.93. The Labute approximate surface area is 178 Å². The number of carbonyl (C=O) groups is 1. The molecule has 162 valence electrons. The summed E-state index contributed by atoms with van der Waals surface area (Å²) in [6.07, 6.45) is 8.21. The number of likely N-dealkylation sites (tertiary alicyclic amines) is 2. The molecule has 4 heterocycles. The van der Waals surface area contributed by atoms with Crippen LogP contribution in [0.15, 0.2) is 29.0 Å². The molecule has 0 spiro atoms. The topological polar surface area (TPSA) is 74.5 Å². The van der Waals surface area contributed by atoms with Crippen molar-refractivity contribution in [2.24, 2.45) is 5.92 Å². The van der Waals surface area contributed by atoms with E-state index in [2.05, 4.69) is 31.3 Å². The largest absolute Gasteiger partial charge is 0.361 e. The van der Waals surface area contributed by atoms with Crippen LogP contribution in [0.3, 0.4) is 0 Å². The Hall–Kier alpha value is -2.25. The van der Waals surface area contributed by atoms with Gasteiger partial charge in [0.25, 0.3) is 0 Å².